The zero-order valence-electron chi connectivity index (χ0n) is 27.8. The minimum atomic E-state index is -4.61. The van der Waals surface area contributed by atoms with Gasteiger partial charge in [-0.1, -0.05) is 43.0 Å². The highest BCUT2D eigenvalue weighted by atomic mass is 35.5. The first-order chi connectivity index (χ1) is 24.4. The van der Waals surface area contributed by atoms with Crippen molar-refractivity contribution in [3.05, 3.63) is 64.7 Å². The van der Waals surface area contributed by atoms with Gasteiger partial charge in [-0.2, -0.15) is 28.1 Å². The summed E-state index contributed by atoms with van der Waals surface area (Å²) in [6.45, 7) is -1.52. The van der Waals surface area contributed by atoms with Gasteiger partial charge in [-0.15, -0.1) is 0 Å². The fourth-order valence-corrected chi connectivity index (χ4v) is 5.88. The summed E-state index contributed by atoms with van der Waals surface area (Å²) in [5.41, 5.74) is 1.16. The molecule has 0 saturated heterocycles. The largest absolute Gasteiger partial charge is 0.454 e. The van der Waals surface area contributed by atoms with Crippen molar-refractivity contribution in [1.82, 2.24) is 30.5 Å². The van der Waals surface area contributed by atoms with Crippen molar-refractivity contribution in [2.24, 2.45) is 0 Å². The Bertz CT molecular complexity index is 1650. The Morgan fingerprint density at radius 3 is 2.27 bits per heavy atom. The highest BCUT2D eigenvalue weighted by Gasteiger charge is 2.45. The van der Waals surface area contributed by atoms with Crippen LogP contribution in [0.3, 0.4) is 0 Å². The van der Waals surface area contributed by atoms with E-state index in [1.54, 1.807) is 24.3 Å². The van der Waals surface area contributed by atoms with Gasteiger partial charge in [0.15, 0.2) is 6.61 Å². The molecule has 0 atom stereocenters. The van der Waals surface area contributed by atoms with E-state index in [1.807, 2.05) is 12.1 Å². The van der Waals surface area contributed by atoms with Crippen molar-refractivity contribution < 1.29 is 37.4 Å². The van der Waals surface area contributed by atoms with Crippen molar-refractivity contribution in [2.75, 3.05) is 43.5 Å². The molecule has 0 spiro atoms. The molecule has 0 unspecified atom stereocenters. The number of carbonyl (C=O) groups is 3. The maximum Gasteiger partial charge on any atom is 0.422 e. The quantitative estimate of drug-likeness (QED) is 0.109. The maximum atomic E-state index is 12.9. The van der Waals surface area contributed by atoms with E-state index >= 15 is 0 Å². The van der Waals surface area contributed by atoms with Crippen LogP contribution >= 0.6 is 11.6 Å². The molecule has 1 aromatic heterocycles. The zero-order valence-corrected chi connectivity index (χ0v) is 28.5. The van der Waals surface area contributed by atoms with Crippen molar-refractivity contribution in [3.63, 3.8) is 0 Å². The van der Waals surface area contributed by atoms with Crippen molar-refractivity contribution >= 4 is 46.9 Å². The van der Waals surface area contributed by atoms with Gasteiger partial charge in [-0.05, 0) is 74.1 Å². The molecule has 0 radical (unpaired) electrons. The Hall–Kier alpha value is -4.70. The smallest absolute Gasteiger partial charge is 0.422 e. The second kappa shape index (κ2) is 17.0. The molecule has 2 saturated carbocycles. The van der Waals surface area contributed by atoms with Gasteiger partial charge >= 0.3 is 24.0 Å². The Morgan fingerprint density at radius 1 is 0.941 bits per heavy atom. The van der Waals surface area contributed by atoms with Crippen LogP contribution in [0.25, 0.3) is 0 Å². The van der Waals surface area contributed by atoms with Crippen LogP contribution < -0.4 is 26.0 Å². The SMILES string of the molecule is O=C(NC1CCCCC1)C(=O)N(CCO)CCCNC(=O)c1ccc(Nc2nc(NC3(c4ccc(Cl)cc4)CC3)nc(OCC(F)(F)F)n2)cc1. The molecule has 3 amide bonds. The van der Waals surface area contributed by atoms with Gasteiger partial charge in [0.1, 0.15) is 0 Å². The van der Waals surface area contributed by atoms with Crippen molar-refractivity contribution in [2.45, 2.75) is 69.1 Å². The molecule has 13 nitrogen and oxygen atoms in total. The first-order valence-corrected chi connectivity index (χ1v) is 17.2. The fraction of sp³-hybridized carbons (Fsp3) is 0.471. The number of halogens is 4. The second-order valence-corrected chi connectivity index (χ2v) is 13.0. The Balaban J connectivity index is 1.16. The van der Waals surface area contributed by atoms with E-state index in [2.05, 4.69) is 36.2 Å². The molecular weight excluding hydrogens is 693 g/mol. The number of anilines is 3. The average molecular weight is 733 g/mol. The van der Waals surface area contributed by atoms with E-state index in [0.29, 0.717) is 22.7 Å². The van der Waals surface area contributed by atoms with E-state index < -0.39 is 36.1 Å². The lowest BCUT2D eigenvalue weighted by molar-refractivity contribution is -0.154. The van der Waals surface area contributed by atoms with Gasteiger partial charge in [0.2, 0.25) is 11.9 Å². The number of amides is 3. The molecule has 5 rings (SSSR count). The molecular formula is C34H40ClF3N8O5. The second-order valence-electron chi connectivity index (χ2n) is 12.5. The Morgan fingerprint density at radius 2 is 1.63 bits per heavy atom. The van der Waals surface area contributed by atoms with E-state index in [0.717, 1.165) is 50.5 Å². The number of aromatic nitrogens is 3. The first kappa shape index (κ1) is 37.6. The van der Waals surface area contributed by atoms with Gasteiger partial charge < -0.3 is 36.0 Å². The van der Waals surface area contributed by atoms with Gasteiger partial charge in [0.25, 0.3) is 5.91 Å². The number of hydrogen-bond donors (Lipinski definition) is 5. The predicted molar refractivity (Wildman–Crippen MR) is 183 cm³/mol. The zero-order chi connectivity index (χ0) is 36.4. The minimum absolute atomic E-state index is 0.00273. The topological polar surface area (TPSA) is 171 Å². The summed E-state index contributed by atoms with van der Waals surface area (Å²) < 4.78 is 43.6. The molecule has 17 heteroatoms. The lowest BCUT2D eigenvalue weighted by atomic mass is 9.95. The molecule has 2 aromatic carbocycles. The number of aliphatic hydroxyl groups is 1. The molecule has 274 valence electrons. The van der Waals surface area contributed by atoms with E-state index in [9.17, 15) is 32.7 Å². The third kappa shape index (κ3) is 11.1. The molecule has 5 N–H and O–H groups in total. The van der Waals surface area contributed by atoms with Crippen molar-refractivity contribution in [1.29, 1.82) is 0 Å². The van der Waals surface area contributed by atoms with Crippen LogP contribution in [0.5, 0.6) is 6.01 Å². The number of carbonyl (C=O) groups excluding carboxylic acids is 3. The third-order valence-corrected chi connectivity index (χ3v) is 8.82. The monoisotopic (exact) mass is 732 g/mol. The first-order valence-electron chi connectivity index (χ1n) is 16.8. The van der Waals surface area contributed by atoms with Crippen LogP contribution in [0.1, 0.15) is 67.3 Å². The van der Waals surface area contributed by atoms with Gasteiger partial charge in [-0.25, -0.2) is 0 Å². The number of aliphatic hydroxyl groups excluding tert-OH is 1. The number of nitrogens with zero attached hydrogens (tertiary/aromatic N) is 4. The highest BCUT2D eigenvalue weighted by molar-refractivity contribution is 6.35. The molecule has 51 heavy (non-hydrogen) atoms. The summed E-state index contributed by atoms with van der Waals surface area (Å²) in [6, 6.07) is 12.9. The summed E-state index contributed by atoms with van der Waals surface area (Å²) in [4.78, 5) is 51.6. The maximum absolute atomic E-state index is 12.9. The number of alkyl halides is 3. The van der Waals surface area contributed by atoms with Gasteiger partial charge in [0, 0.05) is 41.9 Å². The number of ether oxygens (including phenoxy) is 1. The molecule has 2 fully saturated rings. The van der Waals surface area contributed by atoms with Crippen LogP contribution in [-0.2, 0) is 15.1 Å². The average Bonchev–Trinajstić information content (AvgIpc) is 3.89. The lowest BCUT2D eigenvalue weighted by Crippen LogP contribution is -2.48. The van der Waals surface area contributed by atoms with Gasteiger partial charge in [0.05, 0.1) is 12.1 Å². The molecule has 1 heterocycles. The van der Waals surface area contributed by atoms with Crippen LogP contribution in [0.4, 0.5) is 30.8 Å². The standard InChI is InChI=1S/C34H40ClF3N8O5/c35-24-11-9-23(10-12-24)33(15-16-33)45-31-42-30(43-32(44-31)51-21-34(36,37)38)41-26-13-7-22(8-14-26)27(48)39-17-4-18-46(19-20-47)29(50)28(49)40-25-5-2-1-3-6-25/h7-14,25,47H,1-6,15-21H2,(H,39,48)(H,40,49)(H2,41,42,43,44,45). The van der Waals surface area contributed by atoms with Crippen LogP contribution in [-0.4, -0.2) is 87.7 Å². The molecule has 2 aliphatic rings. The van der Waals surface area contributed by atoms with Crippen LogP contribution in [0.15, 0.2) is 48.5 Å². The normalized spacial score (nSPS) is 15.4. The highest BCUT2D eigenvalue weighted by Crippen LogP contribution is 2.48. The van der Waals surface area contributed by atoms with E-state index in [1.165, 1.54) is 17.0 Å². The summed E-state index contributed by atoms with van der Waals surface area (Å²) >= 11 is 6.03. The summed E-state index contributed by atoms with van der Waals surface area (Å²) in [6.07, 6.45) is 2.03. The number of rotatable bonds is 15. The third-order valence-electron chi connectivity index (χ3n) is 8.56. The fourth-order valence-electron chi connectivity index (χ4n) is 5.75. The van der Waals surface area contributed by atoms with Crippen LogP contribution in [0, 0.1) is 0 Å². The van der Waals surface area contributed by atoms with E-state index in [4.69, 9.17) is 16.3 Å². The lowest BCUT2D eigenvalue weighted by Gasteiger charge is -2.25. The molecule has 3 aromatic rings. The van der Waals surface area contributed by atoms with Crippen molar-refractivity contribution in [3.8, 4) is 6.01 Å². The molecule has 2 aliphatic carbocycles. The number of nitrogens with one attached hydrogen (secondary N) is 4. The summed E-state index contributed by atoms with van der Waals surface area (Å²) in [5, 5.41) is 21.7. The number of benzene rings is 2. The molecule has 0 bridgehead atoms. The summed E-state index contributed by atoms with van der Waals surface area (Å²) in [7, 11) is 0. The van der Waals surface area contributed by atoms with Gasteiger partial charge in [-0.3, -0.25) is 14.4 Å². The number of hydrogen-bond acceptors (Lipinski definition) is 10. The summed E-state index contributed by atoms with van der Waals surface area (Å²) in [5.74, 6) is -1.85. The Labute approximate surface area is 297 Å². The van der Waals surface area contributed by atoms with E-state index in [-0.39, 0.29) is 50.1 Å². The molecule has 0 aliphatic heterocycles. The minimum Gasteiger partial charge on any atom is -0.454 e. The Kier molecular flexibility index (Phi) is 12.5. The van der Waals surface area contributed by atoms with Crippen LogP contribution in [0.2, 0.25) is 5.02 Å². The predicted octanol–water partition coefficient (Wildman–Crippen LogP) is 4.70.